The molecule has 0 radical (unpaired) electrons. The van der Waals surface area contributed by atoms with Crippen LogP contribution in [0.15, 0.2) is 31.0 Å². The van der Waals surface area contributed by atoms with Gasteiger partial charge >= 0.3 is 0 Å². The summed E-state index contributed by atoms with van der Waals surface area (Å²) in [4.78, 5) is 7.97. The van der Waals surface area contributed by atoms with Gasteiger partial charge in [0.15, 0.2) is 0 Å². The predicted octanol–water partition coefficient (Wildman–Crippen LogP) is 1.37. The second kappa shape index (κ2) is 3.53. The zero-order valence-electron chi connectivity index (χ0n) is 6.76. The van der Waals surface area contributed by atoms with Crippen LogP contribution in [0.4, 0.5) is 0 Å². The van der Waals surface area contributed by atoms with Crippen molar-refractivity contribution in [2.24, 2.45) is 0 Å². The van der Waals surface area contributed by atoms with Crippen LogP contribution in [-0.4, -0.2) is 19.7 Å². The van der Waals surface area contributed by atoms with Gasteiger partial charge in [-0.1, -0.05) is 11.6 Å². The molecule has 0 N–H and O–H groups in total. The molecule has 2 aromatic rings. The predicted molar refractivity (Wildman–Crippen MR) is 48.4 cm³/mol. The fraction of sp³-hybridized carbons (Fsp3) is 0.125. The van der Waals surface area contributed by atoms with Crippen molar-refractivity contribution in [3.63, 3.8) is 0 Å². The largest absolute Gasteiger partial charge is 0.259 e. The summed E-state index contributed by atoms with van der Waals surface area (Å²) in [6.45, 7) is 0.598. The van der Waals surface area contributed by atoms with Gasteiger partial charge in [-0.05, 0) is 12.1 Å². The summed E-state index contributed by atoms with van der Waals surface area (Å²) in [5, 5.41) is 4.65. The summed E-state index contributed by atoms with van der Waals surface area (Å²) in [5.74, 6) is 0. The molecule has 0 saturated carbocycles. The van der Waals surface area contributed by atoms with Crippen molar-refractivity contribution >= 4 is 11.6 Å². The molecule has 2 rings (SSSR count). The van der Waals surface area contributed by atoms with Crippen molar-refractivity contribution in [2.45, 2.75) is 6.54 Å². The minimum atomic E-state index is 0.598. The average molecular weight is 195 g/mol. The minimum Gasteiger partial charge on any atom is -0.259 e. The fourth-order valence-corrected chi connectivity index (χ4v) is 1.20. The number of nitrogens with zero attached hydrogens (tertiary/aromatic N) is 4. The van der Waals surface area contributed by atoms with E-state index in [2.05, 4.69) is 15.1 Å². The van der Waals surface area contributed by atoms with Gasteiger partial charge in [0, 0.05) is 11.2 Å². The molecule has 0 aliphatic rings. The standard InChI is InChI=1S/C8H7ClN4/c9-7-1-2-11-8(3-7)4-13-6-10-5-12-13/h1-3,5-6H,4H2. The molecule has 0 unspecified atom stereocenters. The van der Waals surface area contributed by atoms with Crippen LogP contribution in [0.5, 0.6) is 0 Å². The third kappa shape index (κ3) is 2.03. The summed E-state index contributed by atoms with van der Waals surface area (Å²) in [7, 11) is 0. The molecule has 2 aromatic heterocycles. The fourth-order valence-electron chi connectivity index (χ4n) is 1.02. The summed E-state index contributed by atoms with van der Waals surface area (Å²) in [6, 6.07) is 3.55. The van der Waals surface area contributed by atoms with Gasteiger partial charge in [0.25, 0.3) is 0 Å². The Balaban J connectivity index is 2.19. The van der Waals surface area contributed by atoms with Crippen molar-refractivity contribution in [1.29, 1.82) is 0 Å². The number of rotatable bonds is 2. The van der Waals surface area contributed by atoms with Gasteiger partial charge in [-0.2, -0.15) is 5.10 Å². The minimum absolute atomic E-state index is 0.598. The molecule has 0 amide bonds. The zero-order chi connectivity index (χ0) is 9.10. The van der Waals surface area contributed by atoms with Gasteiger partial charge in [-0.25, -0.2) is 9.67 Å². The summed E-state index contributed by atoms with van der Waals surface area (Å²) < 4.78 is 1.69. The maximum atomic E-state index is 5.80. The highest BCUT2D eigenvalue weighted by molar-refractivity contribution is 6.30. The zero-order valence-corrected chi connectivity index (χ0v) is 7.52. The Morgan fingerprint density at radius 2 is 2.38 bits per heavy atom. The highest BCUT2D eigenvalue weighted by Crippen LogP contribution is 2.08. The Morgan fingerprint density at radius 3 is 3.08 bits per heavy atom. The van der Waals surface area contributed by atoms with E-state index < -0.39 is 0 Å². The third-order valence-corrected chi connectivity index (χ3v) is 1.80. The smallest absolute Gasteiger partial charge is 0.137 e. The van der Waals surface area contributed by atoms with Gasteiger partial charge in [0.1, 0.15) is 12.7 Å². The average Bonchev–Trinajstić information content (AvgIpc) is 2.57. The van der Waals surface area contributed by atoms with Crippen LogP contribution >= 0.6 is 11.6 Å². The number of aromatic nitrogens is 4. The molecule has 0 aliphatic carbocycles. The van der Waals surface area contributed by atoms with E-state index in [1.54, 1.807) is 23.3 Å². The van der Waals surface area contributed by atoms with Crippen molar-refractivity contribution in [2.75, 3.05) is 0 Å². The van der Waals surface area contributed by atoms with Crippen molar-refractivity contribution < 1.29 is 0 Å². The second-order valence-electron chi connectivity index (χ2n) is 2.56. The van der Waals surface area contributed by atoms with E-state index in [1.807, 2.05) is 6.07 Å². The van der Waals surface area contributed by atoms with E-state index in [1.165, 1.54) is 6.33 Å². The van der Waals surface area contributed by atoms with Gasteiger partial charge in [0.2, 0.25) is 0 Å². The molecule has 66 valence electrons. The summed E-state index contributed by atoms with van der Waals surface area (Å²) in [5.41, 5.74) is 0.873. The molecule has 0 fully saturated rings. The first kappa shape index (κ1) is 8.19. The molecule has 0 bridgehead atoms. The van der Waals surface area contributed by atoms with Gasteiger partial charge < -0.3 is 0 Å². The van der Waals surface area contributed by atoms with Crippen LogP contribution in [0.3, 0.4) is 0 Å². The highest BCUT2D eigenvalue weighted by Gasteiger charge is 1.97. The Kier molecular flexibility index (Phi) is 2.23. The number of hydrogen-bond acceptors (Lipinski definition) is 3. The number of pyridine rings is 1. The lowest BCUT2D eigenvalue weighted by atomic mass is 10.3. The van der Waals surface area contributed by atoms with Crippen LogP contribution in [0.2, 0.25) is 5.02 Å². The Hall–Kier alpha value is -1.42. The molecule has 0 atom stereocenters. The Morgan fingerprint density at radius 1 is 1.46 bits per heavy atom. The van der Waals surface area contributed by atoms with Gasteiger partial charge in [-0.15, -0.1) is 0 Å². The third-order valence-electron chi connectivity index (χ3n) is 1.57. The van der Waals surface area contributed by atoms with Crippen LogP contribution in [0.1, 0.15) is 5.69 Å². The van der Waals surface area contributed by atoms with E-state index >= 15 is 0 Å². The first-order valence-electron chi connectivity index (χ1n) is 3.77. The summed E-state index contributed by atoms with van der Waals surface area (Å²) in [6.07, 6.45) is 4.81. The lowest BCUT2D eigenvalue weighted by Gasteiger charge is -1.99. The van der Waals surface area contributed by atoms with E-state index in [0.717, 1.165) is 5.69 Å². The lowest BCUT2D eigenvalue weighted by Crippen LogP contribution is -2.01. The molecule has 0 saturated heterocycles. The summed E-state index contributed by atoms with van der Waals surface area (Å²) >= 11 is 5.80. The highest BCUT2D eigenvalue weighted by atomic mass is 35.5. The van der Waals surface area contributed by atoms with Gasteiger partial charge in [-0.3, -0.25) is 4.98 Å². The van der Waals surface area contributed by atoms with Crippen molar-refractivity contribution in [3.05, 3.63) is 41.7 Å². The molecular formula is C8H7ClN4. The van der Waals surface area contributed by atoms with Crippen molar-refractivity contribution in [3.8, 4) is 0 Å². The molecule has 2 heterocycles. The normalized spacial score (nSPS) is 10.2. The van der Waals surface area contributed by atoms with Crippen LogP contribution in [0, 0.1) is 0 Å². The monoisotopic (exact) mass is 194 g/mol. The lowest BCUT2D eigenvalue weighted by molar-refractivity contribution is 0.671. The molecule has 5 heteroatoms. The SMILES string of the molecule is Clc1ccnc(Cn2cncn2)c1. The molecule has 4 nitrogen and oxygen atoms in total. The Labute approximate surface area is 80.2 Å². The maximum absolute atomic E-state index is 5.80. The van der Waals surface area contributed by atoms with E-state index in [0.29, 0.717) is 11.6 Å². The quantitative estimate of drug-likeness (QED) is 0.726. The topological polar surface area (TPSA) is 43.6 Å². The van der Waals surface area contributed by atoms with Crippen LogP contribution < -0.4 is 0 Å². The van der Waals surface area contributed by atoms with E-state index in [-0.39, 0.29) is 0 Å². The first-order valence-corrected chi connectivity index (χ1v) is 4.15. The second-order valence-corrected chi connectivity index (χ2v) is 2.99. The molecule has 0 aliphatic heterocycles. The maximum Gasteiger partial charge on any atom is 0.137 e. The van der Waals surface area contributed by atoms with E-state index in [4.69, 9.17) is 11.6 Å². The number of halogens is 1. The van der Waals surface area contributed by atoms with Crippen molar-refractivity contribution in [1.82, 2.24) is 19.7 Å². The van der Waals surface area contributed by atoms with Gasteiger partial charge in [0.05, 0.1) is 12.2 Å². The first-order chi connectivity index (χ1) is 6.34. The van der Waals surface area contributed by atoms with Crippen LogP contribution in [-0.2, 0) is 6.54 Å². The Bertz CT molecular complexity index is 385. The molecule has 0 aromatic carbocycles. The number of hydrogen-bond donors (Lipinski definition) is 0. The molecular weight excluding hydrogens is 188 g/mol. The van der Waals surface area contributed by atoms with Crippen LogP contribution in [0.25, 0.3) is 0 Å². The van der Waals surface area contributed by atoms with E-state index in [9.17, 15) is 0 Å². The molecule has 13 heavy (non-hydrogen) atoms. The molecule has 0 spiro atoms.